The molecular weight excluding hydrogens is 203 g/mol. The van der Waals surface area contributed by atoms with Crippen molar-refractivity contribution in [3.63, 3.8) is 0 Å². The van der Waals surface area contributed by atoms with Crippen LogP contribution in [0.25, 0.3) is 0 Å². The molecule has 1 atom stereocenters. The Balaban J connectivity index is 2.33. The molecule has 0 aliphatic carbocycles. The van der Waals surface area contributed by atoms with Gasteiger partial charge in [0.25, 0.3) is 0 Å². The Morgan fingerprint density at radius 3 is 2.12 bits per heavy atom. The highest BCUT2D eigenvalue weighted by Gasteiger charge is 2.10. The van der Waals surface area contributed by atoms with E-state index >= 15 is 0 Å². The maximum absolute atomic E-state index is 12.8. The van der Waals surface area contributed by atoms with Crippen LogP contribution in [0, 0.1) is 5.82 Å². The highest BCUT2D eigenvalue weighted by Crippen LogP contribution is 2.20. The zero-order chi connectivity index (χ0) is 11.4. The van der Waals surface area contributed by atoms with Crippen molar-refractivity contribution in [2.45, 2.75) is 6.04 Å². The molecule has 1 aromatic heterocycles. The third kappa shape index (κ3) is 2.25. The molecule has 0 saturated heterocycles. The molecule has 1 N–H and O–H groups in total. The summed E-state index contributed by atoms with van der Waals surface area (Å²) >= 11 is 0. The molecule has 82 valence electrons. The lowest BCUT2D eigenvalue weighted by atomic mass is 10.00. The second-order valence-corrected chi connectivity index (χ2v) is 3.55. The van der Waals surface area contributed by atoms with Gasteiger partial charge in [0.05, 0.1) is 6.04 Å². The average molecular weight is 216 g/mol. The summed E-state index contributed by atoms with van der Waals surface area (Å²) in [6.45, 7) is 0. The lowest BCUT2D eigenvalue weighted by Crippen LogP contribution is -2.17. The number of nitrogens with one attached hydrogen (secondary N) is 1. The summed E-state index contributed by atoms with van der Waals surface area (Å²) in [6.07, 6.45) is 3.51. The van der Waals surface area contributed by atoms with Gasteiger partial charge in [0.2, 0.25) is 0 Å². The maximum atomic E-state index is 12.8. The van der Waals surface area contributed by atoms with Crippen LogP contribution in [0.4, 0.5) is 4.39 Å². The molecule has 0 fully saturated rings. The molecule has 1 heterocycles. The van der Waals surface area contributed by atoms with Crippen molar-refractivity contribution < 1.29 is 4.39 Å². The molecule has 0 spiro atoms. The Morgan fingerprint density at radius 1 is 1.00 bits per heavy atom. The number of hydrogen-bond donors (Lipinski definition) is 1. The van der Waals surface area contributed by atoms with E-state index in [-0.39, 0.29) is 11.9 Å². The molecule has 2 rings (SSSR count). The van der Waals surface area contributed by atoms with E-state index in [1.165, 1.54) is 12.1 Å². The van der Waals surface area contributed by atoms with Crippen molar-refractivity contribution in [3.8, 4) is 0 Å². The first-order valence-corrected chi connectivity index (χ1v) is 5.14. The van der Waals surface area contributed by atoms with E-state index in [2.05, 4.69) is 10.3 Å². The van der Waals surface area contributed by atoms with Gasteiger partial charge in [0, 0.05) is 12.4 Å². The number of hydrogen-bond acceptors (Lipinski definition) is 2. The third-order valence-corrected chi connectivity index (χ3v) is 2.53. The van der Waals surface area contributed by atoms with Crippen LogP contribution in [0.5, 0.6) is 0 Å². The van der Waals surface area contributed by atoms with Crippen LogP contribution >= 0.6 is 0 Å². The summed E-state index contributed by atoms with van der Waals surface area (Å²) in [5.74, 6) is -0.215. The van der Waals surface area contributed by atoms with Gasteiger partial charge in [0.1, 0.15) is 5.82 Å². The predicted molar refractivity (Wildman–Crippen MR) is 61.5 cm³/mol. The standard InChI is InChI=1S/C13H13FN2/c1-15-13(11-6-8-16-9-7-11)10-2-4-12(14)5-3-10/h2-9,13,15H,1H3. The first-order valence-electron chi connectivity index (χ1n) is 5.14. The minimum atomic E-state index is -0.215. The number of rotatable bonds is 3. The minimum Gasteiger partial charge on any atom is -0.309 e. The van der Waals surface area contributed by atoms with E-state index in [1.54, 1.807) is 24.5 Å². The molecule has 0 saturated carbocycles. The van der Waals surface area contributed by atoms with Crippen LogP contribution in [0.1, 0.15) is 17.2 Å². The SMILES string of the molecule is CNC(c1ccncc1)c1ccc(F)cc1. The van der Waals surface area contributed by atoms with Gasteiger partial charge >= 0.3 is 0 Å². The first-order chi connectivity index (χ1) is 7.81. The topological polar surface area (TPSA) is 24.9 Å². The molecule has 3 heteroatoms. The monoisotopic (exact) mass is 216 g/mol. The number of benzene rings is 1. The van der Waals surface area contributed by atoms with E-state index in [4.69, 9.17) is 0 Å². The number of halogens is 1. The molecule has 0 amide bonds. The predicted octanol–water partition coefficient (Wildman–Crippen LogP) is 2.53. The molecule has 0 bridgehead atoms. The van der Waals surface area contributed by atoms with Crippen molar-refractivity contribution in [2.24, 2.45) is 0 Å². The van der Waals surface area contributed by atoms with Gasteiger partial charge in [-0.2, -0.15) is 0 Å². The summed E-state index contributed by atoms with van der Waals surface area (Å²) in [5.41, 5.74) is 2.15. The Kier molecular flexibility index (Phi) is 3.27. The van der Waals surface area contributed by atoms with E-state index in [9.17, 15) is 4.39 Å². The molecule has 0 aliphatic heterocycles. The summed E-state index contributed by atoms with van der Waals surface area (Å²) in [4.78, 5) is 3.98. The number of nitrogens with zero attached hydrogens (tertiary/aromatic N) is 1. The summed E-state index contributed by atoms with van der Waals surface area (Å²) in [7, 11) is 1.88. The fourth-order valence-corrected chi connectivity index (χ4v) is 1.74. The zero-order valence-electron chi connectivity index (χ0n) is 9.02. The van der Waals surface area contributed by atoms with Crippen molar-refractivity contribution in [3.05, 3.63) is 65.7 Å². The van der Waals surface area contributed by atoms with Crippen LogP contribution in [0.3, 0.4) is 0 Å². The van der Waals surface area contributed by atoms with E-state index < -0.39 is 0 Å². The summed E-state index contributed by atoms with van der Waals surface area (Å²) < 4.78 is 12.8. The molecule has 16 heavy (non-hydrogen) atoms. The number of pyridine rings is 1. The van der Waals surface area contributed by atoms with Gasteiger partial charge in [-0.3, -0.25) is 4.98 Å². The first kappa shape index (κ1) is 10.8. The molecule has 2 nitrogen and oxygen atoms in total. The van der Waals surface area contributed by atoms with Crippen LogP contribution in [-0.2, 0) is 0 Å². The number of aromatic nitrogens is 1. The van der Waals surface area contributed by atoms with E-state index in [1.807, 2.05) is 19.2 Å². The molecule has 0 radical (unpaired) electrons. The second kappa shape index (κ2) is 4.86. The Morgan fingerprint density at radius 2 is 1.56 bits per heavy atom. The van der Waals surface area contributed by atoms with E-state index in [0.717, 1.165) is 11.1 Å². The molecule has 1 unspecified atom stereocenters. The van der Waals surface area contributed by atoms with Crippen molar-refractivity contribution in [1.29, 1.82) is 0 Å². The maximum Gasteiger partial charge on any atom is 0.123 e. The lowest BCUT2D eigenvalue weighted by molar-refractivity contribution is 0.623. The van der Waals surface area contributed by atoms with E-state index in [0.29, 0.717) is 0 Å². The highest BCUT2D eigenvalue weighted by molar-refractivity contribution is 5.30. The third-order valence-electron chi connectivity index (χ3n) is 2.53. The van der Waals surface area contributed by atoms with Crippen molar-refractivity contribution in [2.75, 3.05) is 7.05 Å². The van der Waals surface area contributed by atoms with Crippen LogP contribution in [0.15, 0.2) is 48.8 Å². The minimum absolute atomic E-state index is 0.0728. The fourth-order valence-electron chi connectivity index (χ4n) is 1.74. The Hall–Kier alpha value is -1.74. The fraction of sp³-hybridized carbons (Fsp3) is 0.154. The van der Waals surface area contributed by atoms with Gasteiger partial charge in [-0.15, -0.1) is 0 Å². The van der Waals surface area contributed by atoms with Crippen LogP contribution in [0.2, 0.25) is 0 Å². The Labute approximate surface area is 94.2 Å². The Bertz CT molecular complexity index is 439. The smallest absolute Gasteiger partial charge is 0.123 e. The molecule has 0 aliphatic rings. The normalized spacial score (nSPS) is 12.4. The molecule has 1 aromatic carbocycles. The summed E-state index contributed by atoms with van der Waals surface area (Å²) in [5, 5.41) is 3.20. The highest BCUT2D eigenvalue weighted by atomic mass is 19.1. The van der Waals surface area contributed by atoms with Crippen molar-refractivity contribution >= 4 is 0 Å². The van der Waals surface area contributed by atoms with Gasteiger partial charge in [-0.25, -0.2) is 4.39 Å². The van der Waals surface area contributed by atoms with Crippen LogP contribution < -0.4 is 5.32 Å². The zero-order valence-corrected chi connectivity index (χ0v) is 9.02. The largest absolute Gasteiger partial charge is 0.309 e. The van der Waals surface area contributed by atoms with Crippen LogP contribution in [-0.4, -0.2) is 12.0 Å². The quantitative estimate of drug-likeness (QED) is 0.852. The molecule has 2 aromatic rings. The summed E-state index contributed by atoms with van der Waals surface area (Å²) in [6, 6.07) is 10.5. The average Bonchev–Trinajstić information content (AvgIpc) is 2.34. The van der Waals surface area contributed by atoms with Crippen molar-refractivity contribution in [1.82, 2.24) is 10.3 Å². The van der Waals surface area contributed by atoms with Gasteiger partial charge < -0.3 is 5.32 Å². The lowest BCUT2D eigenvalue weighted by Gasteiger charge is -2.16. The van der Waals surface area contributed by atoms with Gasteiger partial charge in [-0.1, -0.05) is 12.1 Å². The molecular formula is C13H13FN2. The van der Waals surface area contributed by atoms with Gasteiger partial charge in [0.15, 0.2) is 0 Å². The second-order valence-electron chi connectivity index (χ2n) is 3.55. The van der Waals surface area contributed by atoms with Gasteiger partial charge in [-0.05, 0) is 42.4 Å².